The summed E-state index contributed by atoms with van der Waals surface area (Å²) in [5.41, 5.74) is 3.46. The van der Waals surface area contributed by atoms with Crippen LogP contribution in [0.3, 0.4) is 0 Å². The standard InChI is InChI=1S/C16H13BN2O2/c20-17(21)14-9-5-4-8-13(14)16-11-10-15(18-19-16)12-6-2-1-3-7-12/h1-11,20-21H. The van der Waals surface area contributed by atoms with Crippen LogP contribution >= 0.6 is 0 Å². The molecule has 0 saturated carbocycles. The van der Waals surface area contributed by atoms with Crippen LogP contribution in [0.15, 0.2) is 66.7 Å². The molecule has 1 heterocycles. The van der Waals surface area contributed by atoms with E-state index in [2.05, 4.69) is 10.2 Å². The fourth-order valence-corrected chi connectivity index (χ4v) is 2.19. The molecule has 0 spiro atoms. The Morgan fingerprint density at radius 1 is 0.667 bits per heavy atom. The number of nitrogens with zero attached hydrogens (tertiary/aromatic N) is 2. The van der Waals surface area contributed by atoms with E-state index in [0.717, 1.165) is 11.3 Å². The fraction of sp³-hybridized carbons (Fsp3) is 0. The van der Waals surface area contributed by atoms with Crippen molar-refractivity contribution in [3.05, 3.63) is 66.7 Å². The van der Waals surface area contributed by atoms with E-state index in [1.807, 2.05) is 48.5 Å². The van der Waals surface area contributed by atoms with E-state index in [0.29, 0.717) is 16.7 Å². The number of hydrogen-bond donors (Lipinski definition) is 2. The van der Waals surface area contributed by atoms with Crippen LogP contribution in [0.5, 0.6) is 0 Å². The Balaban J connectivity index is 1.99. The maximum absolute atomic E-state index is 9.41. The molecule has 0 aliphatic carbocycles. The van der Waals surface area contributed by atoms with E-state index >= 15 is 0 Å². The molecular weight excluding hydrogens is 263 g/mol. The highest BCUT2D eigenvalue weighted by Gasteiger charge is 2.17. The molecule has 2 N–H and O–H groups in total. The van der Waals surface area contributed by atoms with Gasteiger partial charge < -0.3 is 10.0 Å². The van der Waals surface area contributed by atoms with Gasteiger partial charge in [-0.3, -0.25) is 0 Å². The average molecular weight is 276 g/mol. The second kappa shape index (κ2) is 5.87. The van der Waals surface area contributed by atoms with Gasteiger partial charge in [-0.25, -0.2) is 0 Å². The Morgan fingerprint density at radius 3 is 1.95 bits per heavy atom. The first kappa shape index (κ1) is 13.5. The van der Waals surface area contributed by atoms with Gasteiger partial charge in [-0.1, -0.05) is 54.6 Å². The zero-order valence-electron chi connectivity index (χ0n) is 11.2. The van der Waals surface area contributed by atoms with Gasteiger partial charge in [0.05, 0.1) is 11.4 Å². The summed E-state index contributed by atoms with van der Waals surface area (Å²) in [5, 5.41) is 27.2. The normalized spacial score (nSPS) is 10.4. The van der Waals surface area contributed by atoms with Gasteiger partial charge in [-0.15, -0.1) is 10.2 Å². The van der Waals surface area contributed by atoms with Crippen molar-refractivity contribution >= 4 is 12.6 Å². The summed E-state index contributed by atoms with van der Waals surface area (Å²) in [5.74, 6) is 0. The van der Waals surface area contributed by atoms with Gasteiger partial charge >= 0.3 is 7.12 Å². The quantitative estimate of drug-likeness (QED) is 0.711. The third kappa shape index (κ3) is 2.84. The summed E-state index contributed by atoms with van der Waals surface area (Å²) in [7, 11) is -1.53. The molecule has 0 amide bonds. The Hall–Kier alpha value is -2.50. The van der Waals surface area contributed by atoms with Crippen LogP contribution in [0.25, 0.3) is 22.5 Å². The molecule has 5 heteroatoms. The van der Waals surface area contributed by atoms with E-state index in [9.17, 15) is 10.0 Å². The second-order valence-electron chi connectivity index (χ2n) is 4.63. The van der Waals surface area contributed by atoms with Crippen LogP contribution in [-0.4, -0.2) is 27.4 Å². The molecule has 0 radical (unpaired) electrons. The maximum atomic E-state index is 9.41. The van der Waals surface area contributed by atoms with Crippen LogP contribution in [0.2, 0.25) is 0 Å². The molecular formula is C16H13BN2O2. The van der Waals surface area contributed by atoms with Crippen LogP contribution in [0.4, 0.5) is 0 Å². The molecule has 102 valence electrons. The number of hydrogen-bond acceptors (Lipinski definition) is 4. The Labute approximate surface area is 122 Å². The molecule has 0 aliphatic heterocycles. The average Bonchev–Trinajstić information content (AvgIpc) is 2.56. The van der Waals surface area contributed by atoms with Crippen molar-refractivity contribution < 1.29 is 10.0 Å². The van der Waals surface area contributed by atoms with Crippen molar-refractivity contribution in [1.82, 2.24) is 10.2 Å². The Morgan fingerprint density at radius 2 is 1.29 bits per heavy atom. The minimum atomic E-state index is -1.53. The van der Waals surface area contributed by atoms with Crippen molar-refractivity contribution in [2.24, 2.45) is 0 Å². The Kier molecular flexibility index (Phi) is 3.77. The fourth-order valence-electron chi connectivity index (χ4n) is 2.19. The van der Waals surface area contributed by atoms with E-state index in [1.165, 1.54) is 0 Å². The SMILES string of the molecule is OB(O)c1ccccc1-c1ccc(-c2ccccc2)nn1. The molecule has 3 rings (SSSR count). The molecule has 0 aliphatic rings. The zero-order valence-corrected chi connectivity index (χ0v) is 11.2. The lowest BCUT2D eigenvalue weighted by Gasteiger charge is -2.08. The zero-order chi connectivity index (χ0) is 14.7. The van der Waals surface area contributed by atoms with Crippen molar-refractivity contribution in [3.63, 3.8) is 0 Å². The van der Waals surface area contributed by atoms with Crippen LogP contribution in [-0.2, 0) is 0 Å². The van der Waals surface area contributed by atoms with Crippen LogP contribution in [0.1, 0.15) is 0 Å². The van der Waals surface area contributed by atoms with Gasteiger partial charge in [-0.05, 0) is 17.6 Å². The minimum absolute atomic E-state index is 0.416. The number of aromatic nitrogens is 2. The molecule has 0 fully saturated rings. The summed E-state index contributed by atoms with van der Waals surface area (Å²) in [6.45, 7) is 0. The van der Waals surface area contributed by atoms with E-state index in [4.69, 9.17) is 0 Å². The number of rotatable bonds is 3. The molecule has 1 aromatic heterocycles. The van der Waals surface area contributed by atoms with Crippen molar-refractivity contribution in [2.45, 2.75) is 0 Å². The molecule has 3 aromatic rings. The van der Waals surface area contributed by atoms with Gasteiger partial charge in [0.15, 0.2) is 0 Å². The first-order chi connectivity index (χ1) is 10.3. The molecule has 0 saturated heterocycles. The Bertz CT molecular complexity index is 731. The minimum Gasteiger partial charge on any atom is -0.423 e. The first-order valence-corrected chi connectivity index (χ1v) is 6.60. The highest BCUT2D eigenvalue weighted by molar-refractivity contribution is 6.60. The van der Waals surface area contributed by atoms with E-state index < -0.39 is 7.12 Å². The molecule has 0 unspecified atom stereocenters. The molecule has 0 bridgehead atoms. The second-order valence-corrected chi connectivity index (χ2v) is 4.63. The van der Waals surface area contributed by atoms with Crippen LogP contribution < -0.4 is 5.46 Å². The third-order valence-corrected chi connectivity index (χ3v) is 3.25. The third-order valence-electron chi connectivity index (χ3n) is 3.25. The lowest BCUT2D eigenvalue weighted by atomic mass is 9.76. The van der Waals surface area contributed by atoms with Gasteiger partial charge in [0.25, 0.3) is 0 Å². The molecule has 2 aromatic carbocycles. The lowest BCUT2D eigenvalue weighted by Crippen LogP contribution is -2.31. The summed E-state index contributed by atoms with van der Waals surface area (Å²) in [6, 6.07) is 20.5. The van der Waals surface area contributed by atoms with Gasteiger partial charge in [0.2, 0.25) is 0 Å². The summed E-state index contributed by atoms with van der Waals surface area (Å²) in [6.07, 6.45) is 0. The van der Waals surface area contributed by atoms with Crippen molar-refractivity contribution in [1.29, 1.82) is 0 Å². The molecule has 4 nitrogen and oxygen atoms in total. The smallest absolute Gasteiger partial charge is 0.423 e. The highest BCUT2D eigenvalue weighted by Crippen LogP contribution is 2.19. The molecule has 0 atom stereocenters. The summed E-state index contributed by atoms with van der Waals surface area (Å²) < 4.78 is 0. The maximum Gasteiger partial charge on any atom is 0.489 e. The number of benzene rings is 2. The topological polar surface area (TPSA) is 66.2 Å². The van der Waals surface area contributed by atoms with E-state index in [1.54, 1.807) is 18.2 Å². The van der Waals surface area contributed by atoms with Crippen LogP contribution in [0, 0.1) is 0 Å². The predicted octanol–water partition coefficient (Wildman–Crippen LogP) is 1.49. The van der Waals surface area contributed by atoms with Gasteiger partial charge in [0.1, 0.15) is 0 Å². The molecule has 21 heavy (non-hydrogen) atoms. The largest absolute Gasteiger partial charge is 0.489 e. The highest BCUT2D eigenvalue weighted by atomic mass is 16.4. The van der Waals surface area contributed by atoms with E-state index in [-0.39, 0.29) is 0 Å². The summed E-state index contributed by atoms with van der Waals surface area (Å²) >= 11 is 0. The van der Waals surface area contributed by atoms with Crippen molar-refractivity contribution in [3.8, 4) is 22.5 Å². The monoisotopic (exact) mass is 276 g/mol. The first-order valence-electron chi connectivity index (χ1n) is 6.60. The summed E-state index contributed by atoms with van der Waals surface area (Å²) in [4.78, 5) is 0. The lowest BCUT2D eigenvalue weighted by molar-refractivity contribution is 0.426. The van der Waals surface area contributed by atoms with Crippen molar-refractivity contribution in [2.75, 3.05) is 0 Å². The van der Waals surface area contributed by atoms with Gasteiger partial charge in [-0.2, -0.15) is 0 Å². The predicted molar refractivity (Wildman–Crippen MR) is 82.7 cm³/mol. The van der Waals surface area contributed by atoms with Gasteiger partial charge in [0, 0.05) is 11.1 Å².